The monoisotopic (exact) mass is 258 g/mol. The Bertz CT molecular complexity index is 468. The molecule has 0 aromatic carbocycles. The van der Waals surface area contributed by atoms with Gasteiger partial charge in [-0.2, -0.15) is 5.26 Å². The standard InChI is InChI=1S/C14H18N4O/c15-9-13(12-7-3-4-8-17-12)18-14(19)10-5-1-2-6-11(10)16/h3-4,7-8,10-11,13H,1-2,5-6,16H2,(H,18,19)/t10-,11+,13?/m1/s1. The van der Waals surface area contributed by atoms with E-state index in [0.717, 1.165) is 25.7 Å². The van der Waals surface area contributed by atoms with E-state index in [4.69, 9.17) is 11.0 Å². The first-order valence-electron chi connectivity index (χ1n) is 6.59. The molecule has 5 heteroatoms. The summed E-state index contributed by atoms with van der Waals surface area (Å²) in [6, 6.07) is 6.56. The minimum absolute atomic E-state index is 0.100. The zero-order chi connectivity index (χ0) is 13.7. The Morgan fingerprint density at radius 3 is 2.89 bits per heavy atom. The van der Waals surface area contributed by atoms with Gasteiger partial charge in [-0.25, -0.2) is 0 Å². The molecule has 2 rings (SSSR count). The number of nitrogens with zero attached hydrogens (tertiary/aromatic N) is 2. The number of carbonyl (C=O) groups excluding carboxylic acids is 1. The Kier molecular flexibility index (Phi) is 4.48. The second-order valence-electron chi connectivity index (χ2n) is 4.88. The molecule has 0 radical (unpaired) electrons. The summed E-state index contributed by atoms with van der Waals surface area (Å²) in [5.74, 6) is -0.322. The number of hydrogen-bond acceptors (Lipinski definition) is 4. The number of carbonyl (C=O) groups is 1. The van der Waals surface area contributed by atoms with E-state index in [9.17, 15) is 4.79 Å². The molecule has 1 aliphatic rings. The fraction of sp³-hybridized carbons (Fsp3) is 0.500. The molecule has 5 nitrogen and oxygen atoms in total. The Balaban J connectivity index is 2.03. The van der Waals surface area contributed by atoms with Gasteiger partial charge in [0.05, 0.1) is 17.7 Å². The van der Waals surface area contributed by atoms with E-state index in [1.165, 1.54) is 0 Å². The number of pyridine rings is 1. The summed E-state index contributed by atoms with van der Waals surface area (Å²) in [5, 5.41) is 11.9. The smallest absolute Gasteiger partial charge is 0.226 e. The van der Waals surface area contributed by atoms with Crippen molar-refractivity contribution in [3.8, 4) is 6.07 Å². The van der Waals surface area contributed by atoms with Crippen LogP contribution in [0.3, 0.4) is 0 Å². The van der Waals surface area contributed by atoms with Gasteiger partial charge in [-0.05, 0) is 25.0 Å². The first-order valence-corrected chi connectivity index (χ1v) is 6.59. The summed E-state index contributed by atoms with van der Waals surface area (Å²) in [7, 11) is 0. The Morgan fingerprint density at radius 2 is 2.26 bits per heavy atom. The largest absolute Gasteiger partial charge is 0.335 e. The van der Waals surface area contributed by atoms with Crippen molar-refractivity contribution >= 4 is 5.91 Å². The zero-order valence-electron chi connectivity index (χ0n) is 10.7. The van der Waals surface area contributed by atoms with Crippen LogP contribution in [0.15, 0.2) is 24.4 Å². The quantitative estimate of drug-likeness (QED) is 0.854. The van der Waals surface area contributed by atoms with Gasteiger partial charge in [0, 0.05) is 12.2 Å². The summed E-state index contributed by atoms with van der Waals surface area (Å²) in [6.45, 7) is 0. The molecule has 1 amide bonds. The van der Waals surface area contributed by atoms with Gasteiger partial charge in [-0.1, -0.05) is 18.9 Å². The lowest BCUT2D eigenvalue weighted by Crippen LogP contribution is -2.44. The van der Waals surface area contributed by atoms with Gasteiger partial charge in [0.25, 0.3) is 0 Å². The first kappa shape index (κ1) is 13.5. The highest BCUT2D eigenvalue weighted by molar-refractivity contribution is 5.80. The SMILES string of the molecule is N#CC(NC(=O)[C@@H]1CCCC[C@@H]1N)c1ccccn1. The van der Waals surface area contributed by atoms with Crippen molar-refractivity contribution in [3.05, 3.63) is 30.1 Å². The second-order valence-corrected chi connectivity index (χ2v) is 4.88. The number of nitrogens with two attached hydrogens (primary N) is 1. The van der Waals surface area contributed by atoms with Crippen LogP contribution in [0.5, 0.6) is 0 Å². The van der Waals surface area contributed by atoms with Crippen LogP contribution in [0.2, 0.25) is 0 Å². The van der Waals surface area contributed by atoms with E-state index in [1.807, 2.05) is 0 Å². The van der Waals surface area contributed by atoms with Crippen molar-refractivity contribution < 1.29 is 4.79 Å². The highest BCUT2D eigenvalue weighted by Gasteiger charge is 2.29. The summed E-state index contributed by atoms with van der Waals surface area (Å²) in [4.78, 5) is 16.3. The zero-order valence-corrected chi connectivity index (χ0v) is 10.7. The average Bonchev–Trinajstić information content (AvgIpc) is 2.46. The van der Waals surface area contributed by atoms with Crippen molar-refractivity contribution in [2.45, 2.75) is 37.8 Å². The summed E-state index contributed by atoms with van der Waals surface area (Å²) in [6.07, 6.45) is 5.38. The minimum Gasteiger partial charge on any atom is -0.335 e. The van der Waals surface area contributed by atoms with Crippen LogP contribution in [-0.4, -0.2) is 16.9 Å². The molecule has 1 aromatic rings. The summed E-state index contributed by atoms with van der Waals surface area (Å²) >= 11 is 0. The molecule has 0 bridgehead atoms. The van der Waals surface area contributed by atoms with Crippen molar-refractivity contribution in [3.63, 3.8) is 0 Å². The molecule has 19 heavy (non-hydrogen) atoms. The van der Waals surface area contributed by atoms with E-state index >= 15 is 0 Å². The van der Waals surface area contributed by atoms with Crippen molar-refractivity contribution in [1.29, 1.82) is 5.26 Å². The molecule has 1 unspecified atom stereocenters. The number of nitrogens with one attached hydrogen (secondary N) is 1. The fourth-order valence-corrected chi connectivity index (χ4v) is 2.45. The molecule has 1 aliphatic carbocycles. The van der Waals surface area contributed by atoms with E-state index in [0.29, 0.717) is 5.69 Å². The second kappa shape index (κ2) is 6.30. The van der Waals surface area contributed by atoms with Gasteiger partial charge in [-0.3, -0.25) is 9.78 Å². The normalized spacial score (nSPS) is 24.2. The van der Waals surface area contributed by atoms with Crippen LogP contribution in [-0.2, 0) is 4.79 Å². The van der Waals surface area contributed by atoms with Crippen LogP contribution in [0.25, 0.3) is 0 Å². The predicted octanol–water partition coefficient (Wildman–Crippen LogP) is 1.28. The molecule has 1 aromatic heterocycles. The van der Waals surface area contributed by atoms with Crippen LogP contribution in [0.1, 0.15) is 37.4 Å². The van der Waals surface area contributed by atoms with Gasteiger partial charge in [0.15, 0.2) is 6.04 Å². The molecule has 1 heterocycles. The number of hydrogen-bond donors (Lipinski definition) is 2. The Hall–Kier alpha value is -1.93. The highest BCUT2D eigenvalue weighted by Crippen LogP contribution is 2.23. The van der Waals surface area contributed by atoms with Gasteiger partial charge >= 0.3 is 0 Å². The van der Waals surface area contributed by atoms with Gasteiger partial charge in [-0.15, -0.1) is 0 Å². The van der Waals surface area contributed by atoms with Crippen LogP contribution in [0, 0.1) is 17.2 Å². The molecule has 0 saturated heterocycles. The first-order chi connectivity index (χ1) is 9.22. The molecule has 0 aliphatic heterocycles. The number of nitriles is 1. The average molecular weight is 258 g/mol. The number of rotatable bonds is 3. The highest BCUT2D eigenvalue weighted by atomic mass is 16.2. The maximum Gasteiger partial charge on any atom is 0.226 e. The molecular formula is C14H18N4O. The maximum atomic E-state index is 12.2. The predicted molar refractivity (Wildman–Crippen MR) is 70.7 cm³/mol. The lowest BCUT2D eigenvalue weighted by Gasteiger charge is -2.28. The van der Waals surface area contributed by atoms with E-state index in [1.54, 1.807) is 24.4 Å². The fourth-order valence-electron chi connectivity index (χ4n) is 2.45. The Labute approximate surface area is 112 Å². The number of aromatic nitrogens is 1. The molecule has 1 saturated carbocycles. The summed E-state index contributed by atoms with van der Waals surface area (Å²) in [5.41, 5.74) is 6.53. The van der Waals surface area contributed by atoms with Gasteiger partial charge in [0.1, 0.15) is 0 Å². The van der Waals surface area contributed by atoms with Gasteiger partial charge in [0.2, 0.25) is 5.91 Å². The molecule has 3 atom stereocenters. The van der Waals surface area contributed by atoms with E-state index in [-0.39, 0.29) is 17.9 Å². The molecule has 1 fully saturated rings. The maximum absolute atomic E-state index is 12.2. The molecule has 3 N–H and O–H groups in total. The van der Waals surface area contributed by atoms with E-state index in [2.05, 4.69) is 16.4 Å². The topological polar surface area (TPSA) is 91.8 Å². The Morgan fingerprint density at radius 1 is 1.47 bits per heavy atom. The third-order valence-corrected chi connectivity index (χ3v) is 3.56. The van der Waals surface area contributed by atoms with Crippen molar-refractivity contribution in [2.24, 2.45) is 11.7 Å². The lowest BCUT2D eigenvalue weighted by molar-refractivity contribution is -0.126. The molecule has 0 spiro atoms. The number of amides is 1. The lowest BCUT2D eigenvalue weighted by atomic mass is 9.84. The third-order valence-electron chi connectivity index (χ3n) is 3.56. The van der Waals surface area contributed by atoms with Gasteiger partial charge < -0.3 is 11.1 Å². The van der Waals surface area contributed by atoms with Crippen LogP contribution in [0.4, 0.5) is 0 Å². The van der Waals surface area contributed by atoms with Crippen LogP contribution < -0.4 is 11.1 Å². The van der Waals surface area contributed by atoms with E-state index < -0.39 is 6.04 Å². The summed E-state index contributed by atoms with van der Waals surface area (Å²) < 4.78 is 0. The van der Waals surface area contributed by atoms with Crippen molar-refractivity contribution in [2.75, 3.05) is 0 Å². The minimum atomic E-state index is -0.706. The molecule has 100 valence electrons. The molecular weight excluding hydrogens is 240 g/mol. The van der Waals surface area contributed by atoms with Crippen LogP contribution >= 0.6 is 0 Å². The third kappa shape index (κ3) is 3.30. The van der Waals surface area contributed by atoms with Crippen molar-refractivity contribution in [1.82, 2.24) is 10.3 Å².